The van der Waals surface area contributed by atoms with Gasteiger partial charge in [0.05, 0.1) is 22.0 Å². The van der Waals surface area contributed by atoms with Gasteiger partial charge in [0.25, 0.3) is 0 Å². The Morgan fingerprint density at radius 2 is 1.82 bits per heavy atom. The molecule has 7 nitrogen and oxygen atoms in total. The molecular formula is C28H34F2N2O5S. The zero-order chi connectivity index (χ0) is 27.1. The highest BCUT2D eigenvalue weighted by Crippen LogP contribution is 2.39. The minimum atomic E-state index is -3.72. The highest BCUT2D eigenvalue weighted by atomic mass is 32.2. The molecule has 1 unspecified atom stereocenters. The molecule has 10 heteroatoms. The Balaban J connectivity index is 1.43. The summed E-state index contributed by atoms with van der Waals surface area (Å²) >= 11 is 0. The minimum absolute atomic E-state index is 0.0353. The Morgan fingerprint density at radius 3 is 2.47 bits per heavy atom. The van der Waals surface area contributed by atoms with Gasteiger partial charge in [0.1, 0.15) is 11.6 Å². The van der Waals surface area contributed by atoms with E-state index in [2.05, 4.69) is 10.6 Å². The van der Waals surface area contributed by atoms with Crippen molar-refractivity contribution < 1.29 is 31.8 Å². The molecule has 3 fully saturated rings. The lowest BCUT2D eigenvalue weighted by molar-refractivity contribution is -0.132. The topological polar surface area (TPSA) is 105 Å². The molecule has 38 heavy (non-hydrogen) atoms. The summed E-state index contributed by atoms with van der Waals surface area (Å²) in [5, 5.41) is 14.0. The molecule has 1 amide bonds. The lowest BCUT2D eigenvalue weighted by atomic mass is 9.72. The van der Waals surface area contributed by atoms with Crippen molar-refractivity contribution in [2.24, 2.45) is 0 Å². The van der Waals surface area contributed by atoms with Crippen LogP contribution in [0.2, 0.25) is 0 Å². The third-order valence-electron chi connectivity index (χ3n) is 8.47. The first-order valence-corrected chi connectivity index (χ1v) is 14.8. The number of aliphatic hydroxyl groups is 1. The second-order valence-corrected chi connectivity index (χ2v) is 13.2. The lowest BCUT2D eigenvalue weighted by Crippen LogP contribution is -2.55. The summed E-state index contributed by atoms with van der Waals surface area (Å²) in [4.78, 5) is 13.4. The number of amides is 1. The number of benzene rings is 2. The molecule has 3 atom stereocenters. The van der Waals surface area contributed by atoms with Crippen LogP contribution in [0.1, 0.15) is 54.5 Å². The maximum atomic E-state index is 15.7. The number of rotatable bonds is 6. The molecule has 2 saturated heterocycles. The van der Waals surface area contributed by atoms with E-state index in [0.29, 0.717) is 18.4 Å². The van der Waals surface area contributed by atoms with Crippen LogP contribution < -0.4 is 10.6 Å². The number of sulfone groups is 1. The molecule has 1 aliphatic carbocycles. The summed E-state index contributed by atoms with van der Waals surface area (Å²) in [6.07, 6.45) is 0.598. The van der Waals surface area contributed by atoms with Gasteiger partial charge in [0, 0.05) is 37.4 Å². The first-order chi connectivity index (χ1) is 18.1. The Labute approximate surface area is 221 Å². The van der Waals surface area contributed by atoms with E-state index in [4.69, 9.17) is 4.74 Å². The van der Waals surface area contributed by atoms with E-state index in [9.17, 15) is 18.3 Å². The van der Waals surface area contributed by atoms with Crippen LogP contribution in [0.15, 0.2) is 42.5 Å². The van der Waals surface area contributed by atoms with Gasteiger partial charge in [-0.3, -0.25) is 4.79 Å². The second-order valence-electron chi connectivity index (χ2n) is 10.8. The summed E-state index contributed by atoms with van der Waals surface area (Å²) in [6, 6.07) is 10.3. The van der Waals surface area contributed by atoms with Crippen LogP contribution in [-0.4, -0.2) is 62.6 Å². The van der Waals surface area contributed by atoms with Crippen LogP contribution in [0.25, 0.3) is 0 Å². The van der Waals surface area contributed by atoms with Crippen molar-refractivity contribution in [1.82, 2.24) is 10.6 Å². The summed E-state index contributed by atoms with van der Waals surface area (Å²) in [5.74, 6) is -1.87. The zero-order valence-corrected chi connectivity index (χ0v) is 22.1. The van der Waals surface area contributed by atoms with Crippen LogP contribution in [0.4, 0.5) is 8.78 Å². The molecular weight excluding hydrogens is 514 g/mol. The fraction of sp³-hybridized carbons (Fsp3) is 0.536. The van der Waals surface area contributed by atoms with E-state index >= 15 is 8.78 Å². The van der Waals surface area contributed by atoms with Crippen molar-refractivity contribution in [3.8, 4) is 0 Å². The van der Waals surface area contributed by atoms with Crippen molar-refractivity contribution in [3.63, 3.8) is 0 Å². The van der Waals surface area contributed by atoms with Crippen molar-refractivity contribution in [2.45, 2.75) is 73.1 Å². The normalized spacial score (nSPS) is 30.3. The predicted molar refractivity (Wildman–Crippen MR) is 138 cm³/mol. The van der Waals surface area contributed by atoms with Crippen LogP contribution in [0.5, 0.6) is 0 Å². The molecule has 2 aliphatic heterocycles. The standard InChI is InChI=1S/C28H34F2N2O5S/c1-17-25(38(35,36)26(16-31-17)18-5-3-2-4-6-18)12-19-11-24(30)22(15-23(19)29)28(7-9-37-10-8-28)27(34)32-20-13-21(33)14-20/h2-6,11,15,17,20-21,25-26,31,33H,7-10,12-14,16H2,1H3,(H,32,34)/t17-,20?,21?,25?,26-/m0/s1. The van der Waals surface area contributed by atoms with Crippen molar-refractivity contribution in [1.29, 1.82) is 0 Å². The lowest BCUT2D eigenvalue weighted by Gasteiger charge is -2.40. The predicted octanol–water partition coefficient (Wildman–Crippen LogP) is 2.71. The van der Waals surface area contributed by atoms with Gasteiger partial charge in [-0.25, -0.2) is 17.2 Å². The SMILES string of the molecule is C[C@@H]1NC[C@@H](c2ccccc2)S(=O)(=O)C1Cc1cc(F)c(C2(C(=O)NC3CC(O)C3)CCOCC2)cc1F. The van der Waals surface area contributed by atoms with Crippen LogP contribution in [0, 0.1) is 11.6 Å². The van der Waals surface area contributed by atoms with Gasteiger partial charge >= 0.3 is 0 Å². The van der Waals surface area contributed by atoms with E-state index < -0.39 is 55.4 Å². The number of hydrogen-bond acceptors (Lipinski definition) is 6. The molecule has 0 radical (unpaired) electrons. The monoisotopic (exact) mass is 548 g/mol. The highest BCUT2D eigenvalue weighted by Gasteiger charge is 2.46. The number of nitrogens with one attached hydrogen (secondary N) is 2. The van der Waals surface area contributed by atoms with E-state index in [-0.39, 0.29) is 56.2 Å². The van der Waals surface area contributed by atoms with E-state index in [1.165, 1.54) is 0 Å². The minimum Gasteiger partial charge on any atom is -0.393 e. The first-order valence-electron chi connectivity index (χ1n) is 13.2. The first kappa shape index (κ1) is 27.2. The highest BCUT2D eigenvalue weighted by molar-refractivity contribution is 7.92. The fourth-order valence-corrected chi connectivity index (χ4v) is 8.36. The number of halogens is 2. The third-order valence-corrected chi connectivity index (χ3v) is 11.1. The van der Waals surface area contributed by atoms with Crippen molar-refractivity contribution in [3.05, 3.63) is 70.8 Å². The van der Waals surface area contributed by atoms with Gasteiger partial charge < -0.3 is 20.5 Å². The molecule has 2 heterocycles. The van der Waals surface area contributed by atoms with E-state index in [0.717, 1.165) is 12.1 Å². The van der Waals surface area contributed by atoms with E-state index in [1.54, 1.807) is 31.2 Å². The summed E-state index contributed by atoms with van der Waals surface area (Å²) < 4.78 is 63.9. The van der Waals surface area contributed by atoms with E-state index in [1.807, 2.05) is 6.07 Å². The number of carbonyl (C=O) groups excluding carboxylic acids is 1. The Bertz CT molecular complexity index is 1280. The molecule has 0 spiro atoms. The molecule has 3 N–H and O–H groups in total. The molecule has 3 aliphatic rings. The summed E-state index contributed by atoms with van der Waals surface area (Å²) in [6.45, 7) is 2.45. The molecule has 1 saturated carbocycles. The Kier molecular flexibility index (Phi) is 7.61. The smallest absolute Gasteiger partial charge is 0.231 e. The molecule has 2 aromatic carbocycles. The average Bonchev–Trinajstić information content (AvgIpc) is 2.88. The number of carbonyl (C=O) groups is 1. The van der Waals surface area contributed by atoms with Gasteiger partial charge in [-0.15, -0.1) is 0 Å². The van der Waals surface area contributed by atoms with Gasteiger partial charge in [0.2, 0.25) is 5.91 Å². The third kappa shape index (κ3) is 4.99. The van der Waals surface area contributed by atoms with Gasteiger partial charge in [0.15, 0.2) is 9.84 Å². The molecule has 2 aromatic rings. The fourth-order valence-electron chi connectivity index (χ4n) is 6.00. The van der Waals surface area contributed by atoms with Gasteiger partial charge in [-0.1, -0.05) is 30.3 Å². The van der Waals surface area contributed by atoms with Crippen molar-refractivity contribution in [2.75, 3.05) is 19.8 Å². The molecule has 5 rings (SSSR count). The molecule has 206 valence electrons. The maximum Gasteiger partial charge on any atom is 0.231 e. The Hall–Kier alpha value is -2.40. The van der Waals surface area contributed by atoms with Crippen LogP contribution in [0.3, 0.4) is 0 Å². The van der Waals surface area contributed by atoms with Crippen molar-refractivity contribution >= 4 is 15.7 Å². The summed E-state index contributed by atoms with van der Waals surface area (Å²) in [5.41, 5.74) is -0.719. The van der Waals surface area contributed by atoms with Gasteiger partial charge in [-0.05, 0) is 62.3 Å². The molecule has 0 aromatic heterocycles. The molecule has 0 bridgehead atoms. The Morgan fingerprint density at radius 1 is 1.13 bits per heavy atom. The average molecular weight is 549 g/mol. The maximum absolute atomic E-state index is 15.7. The number of ether oxygens (including phenoxy) is 1. The van der Waals surface area contributed by atoms with Gasteiger partial charge in [-0.2, -0.15) is 0 Å². The summed E-state index contributed by atoms with van der Waals surface area (Å²) in [7, 11) is -3.72. The zero-order valence-electron chi connectivity index (χ0n) is 21.3. The second kappa shape index (κ2) is 10.6. The number of aliphatic hydroxyl groups excluding tert-OH is 1. The number of hydrogen-bond donors (Lipinski definition) is 3. The largest absolute Gasteiger partial charge is 0.393 e. The quantitative estimate of drug-likeness (QED) is 0.513. The van der Waals surface area contributed by atoms with Crippen LogP contribution >= 0.6 is 0 Å². The van der Waals surface area contributed by atoms with Crippen LogP contribution in [-0.2, 0) is 31.2 Å².